The zero-order valence-corrected chi connectivity index (χ0v) is 8.67. The lowest BCUT2D eigenvalue weighted by atomic mass is 10.0. The summed E-state index contributed by atoms with van der Waals surface area (Å²) in [5.41, 5.74) is 0.230. The van der Waals surface area contributed by atoms with Crippen LogP contribution in [0.15, 0.2) is 24.3 Å². The molecule has 0 radical (unpaired) electrons. The minimum atomic E-state index is -0.655. The summed E-state index contributed by atoms with van der Waals surface area (Å²) in [4.78, 5) is 32.6. The minimum Gasteiger partial charge on any atom is -0.330 e. The van der Waals surface area contributed by atoms with Crippen LogP contribution in [-0.4, -0.2) is 16.9 Å². The summed E-state index contributed by atoms with van der Waals surface area (Å²) in [5.74, 6) is -0.447. The van der Waals surface area contributed by atoms with E-state index in [1.54, 1.807) is 6.07 Å². The Morgan fingerprint density at radius 2 is 2.00 bits per heavy atom. The highest BCUT2D eigenvalue weighted by molar-refractivity contribution is 5.97. The van der Waals surface area contributed by atoms with Crippen molar-refractivity contribution in [3.05, 3.63) is 39.9 Å². The number of amides is 3. The predicted molar refractivity (Wildman–Crippen MR) is 57.1 cm³/mol. The van der Waals surface area contributed by atoms with Crippen molar-refractivity contribution >= 4 is 17.6 Å². The van der Waals surface area contributed by atoms with Crippen molar-refractivity contribution in [1.29, 1.82) is 0 Å². The van der Waals surface area contributed by atoms with Gasteiger partial charge in [-0.3, -0.25) is 20.2 Å². The number of carbonyl (C=O) groups is 2. The Morgan fingerprint density at radius 3 is 2.65 bits per heavy atom. The lowest BCUT2D eigenvalue weighted by molar-refractivity contribution is -0.385. The normalized spacial score (nSPS) is 19.4. The smallest absolute Gasteiger partial charge is 0.321 e. The molecule has 1 atom stereocenters. The molecule has 0 bridgehead atoms. The fraction of sp³-hybridized carbons (Fsp3) is 0.200. The molecule has 7 nitrogen and oxygen atoms in total. The van der Waals surface area contributed by atoms with Crippen molar-refractivity contribution in [3.8, 4) is 0 Å². The fourth-order valence-electron chi connectivity index (χ4n) is 1.74. The highest BCUT2D eigenvalue weighted by atomic mass is 16.6. The zero-order chi connectivity index (χ0) is 12.4. The van der Waals surface area contributed by atoms with Crippen molar-refractivity contribution in [1.82, 2.24) is 10.6 Å². The Labute approximate surface area is 96.0 Å². The Hall–Kier alpha value is -2.44. The molecule has 3 amide bonds. The van der Waals surface area contributed by atoms with E-state index in [1.165, 1.54) is 18.2 Å². The number of hydrogen-bond donors (Lipinski definition) is 2. The van der Waals surface area contributed by atoms with Gasteiger partial charge in [0, 0.05) is 6.07 Å². The van der Waals surface area contributed by atoms with E-state index in [-0.39, 0.29) is 12.1 Å². The molecule has 1 heterocycles. The van der Waals surface area contributed by atoms with Crippen LogP contribution in [0, 0.1) is 10.1 Å². The number of hydrogen-bond acceptors (Lipinski definition) is 4. The Balaban J connectivity index is 2.36. The molecule has 2 N–H and O–H groups in total. The van der Waals surface area contributed by atoms with Gasteiger partial charge in [0.25, 0.3) is 5.69 Å². The van der Waals surface area contributed by atoms with Crippen molar-refractivity contribution < 1.29 is 14.5 Å². The quantitative estimate of drug-likeness (QED) is 0.586. The third-order valence-electron chi connectivity index (χ3n) is 2.46. The van der Waals surface area contributed by atoms with E-state index in [9.17, 15) is 19.7 Å². The van der Waals surface area contributed by atoms with Gasteiger partial charge in [-0.1, -0.05) is 18.2 Å². The van der Waals surface area contributed by atoms with Gasteiger partial charge in [-0.25, -0.2) is 4.79 Å². The molecule has 1 saturated heterocycles. The van der Waals surface area contributed by atoms with Crippen LogP contribution in [0.5, 0.6) is 0 Å². The molecule has 0 unspecified atom stereocenters. The van der Waals surface area contributed by atoms with E-state index in [0.717, 1.165) is 0 Å². The standard InChI is InChI=1S/C10H9N3O4/c14-9-5-7(11-10(15)12-9)6-3-1-2-4-8(6)13(16)17/h1-4,7H,5H2,(H2,11,12,14,15)/t7-/m0/s1. The van der Waals surface area contributed by atoms with E-state index in [0.29, 0.717) is 5.56 Å². The predicted octanol–water partition coefficient (Wildman–Crippen LogP) is 0.865. The monoisotopic (exact) mass is 235 g/mol. The second-order valence-corrected chi connectivity index (χ2v) is 3.59. The number of imide groups is 1. The maximum Gasteiger partial charge on any atom is 0.321 e. The van der Waals surface area contributed by atoms with Crippen LogP contribution in [0.2, 0.25) is 0 Å². The van der Waals surface area contributed by atoms with Gasteiger partial charge >= 0.3 is 6.03 Å². The average molecular weight is 235 g/mol. The van der Waals surface area contributed by atoms with Crippen LogP contribution in [-0.2, 0) is 4.79 Å². The van der Waals surface area contributed by atoms with Crippen LogP contribution in [0.3, 0.4) is 0 Å². The number of benzene rings is 1. The van der Waals surface area contributed by atoms with Crippen molar-refractivity contribution in [3.63, 3.8) is 0 Å². The molecule has 0 spiro atoms. The number of nitro groups is 1. The van der Waals surface area contributed by atoms with E-state index in [4.69, 9.17) is 0 Å². The van der Waals surface area contributed by atoms with Gasteiger partial charge in [0.15, 0.2) is 0 Å². The molecule has 2 rings (SSSR count). The number of rotatable bonds is 2. The molecular formula is C10H9N3O4. The second-order valence-electron chi connectivity index (χ2n) is 3.59. The molecule has 7 heteroatoms. The summed E-state index contributed by atoms with van der Waals surface area (Å²) >= 11 is 0. The van der Waals surface area contributed by atoms with Crippen LogP contribution >= 0.6 is 0 Å². The molecule has 1 aliphatic rings. The van der Waals surface area contributed by atoms with E-state index in [2.05, 4.69) is 10.6 Å². The number of nitro benzene ring substituents is 1. The van der Waals surface area contributed by atoms with Crippen molar-refractivity contribution in [2.24, 2.45) is 0 Å². The first-order valence-electron chi connectivity index (χ1n) is 4.91. The average Bonchev–Trinajstić information content (AvgIpc) is 2.27. The lowest BCUT2D eigenvalue weighted by Gasteiger charge is -2.23. The van der Waals surface area contributed by atoms with Gasteiger partial charge in [-0.15, -0.1) is 0 Å². The maximum absolute atomic E-state index is 11.2. The molecule has 1 aliphatic heterocycles. The molecule has 0 saturated carbocycles. The van der Waals surface area contributed by atoms with E-state index < -0.39 is 22.9 Å². The molecule has 17 heavy (non-hydrogen) atoms. The summed E-state index contributed by atoms with van der Waals surface area (Å²) in [7, 11) is 0. The number of para-hydroxylation sites is 1. The topological polar surface area (TPSA) is 101 Å². The minimum absolute atomic E-state index is 0.00338. The molecule has 1 aromatic carbocycles. The summed E-state index contributed by atoms with van der Waals surface area (Å²) in [6.07, 6.45) is -0.00338. The Kier molecular flexibility index (Phi) is 2.73. The first-order valence-corrected chi connectivity index (χ1v) is 4.91. The van der Waals surface area contributed by atoms with Gasteiger partial charge in [-0.2, -0.15) is 0 Å². The first kappa shape index (κ1) is 11.1. The summed E-state index contributed by atoms with van der Waals surface area (Å²) < 4.78 is 0. The summed E-state index contributed by atoms with van der Waals surface area (Å²) in [6.45, 7) is 0. The molecule has 0 aliphatic carbocycles. The third kappa shape index (κ3) is 2.22. The van der Waals surface area contributed by atoms with Crippen molar-refractivity contribution in [2.75, 3.05) is 0 Å². The third-order valence-corrected chi connectivity index (χ3v) is 2.46. The lowest BCUT2D eigenvalue weighted by Crippen LogP contribution is -2.48. The van der Waals surface area contributed by atoms with Crippen LogP contribution in [0.4, 0.5) is 10.5 Å². The van der Waals surface area contributed by atoms with E-state index in [1.807, 2.05) is 0 Å². The number of nitrogens with zero attached hydrogens (tertiary/aromatic N) is 1. The SMILES string of the molecule is O=C1C[C@@H](c2ccccc2[N+](=O)[O-])NC(=O)N1. The van der Waals surface area contributed by atoms with E-state index >= 15 is 0 Å². The largest absolute Gasteiger partial charge is 0.330 e. The zero-order valence-electron chi connectivity index (χ0n) is 8.67. The van der Waals surface area contributed by atoms with Gasteiger partial charge in [0.1, 0.15) is 0 Å². The fourth-order valence-corrected chi connectivity index (χ4v) is 1.74. The van der Waals surface area contributed by atoms with Gasteiger partial charge in [-0.05, 0) is 0 Å². The highest BCUT2D eigenvalue weighted by Gasteiger charge is 2.29. The first-order chi connectivity index (χ1) is 8.08. The highest BCUT2D eigenvalue weighted by Crippen LogP contribution is 2.27. The number of urea groups is 1. The van der Waals surface area contributed by atoms with Crippen LogP contribution < -0.4 is 10.6 Å². The van der Waals surface area contributed by atoms with Gasteiger partial charge in [0.05, 0.1) is 22.9 Å². The molecule has 1 aromatic rings. The molecule has 1 fully saturated rings. The van der Waals surface area contributed by atoms with Crippen molar-refractivity contribution in [2.45, 2.75) is 12.5 Å². The van der Waals surface area contributed by atoms with Gasteiger partial charge in [0.2, 0.25) is 5.91 Å². The summed E-state index contributed by atoms with van der Waals surface area (Å²) in [5, 5.41) is 15.4. The maximum atomic E-state index is 11.2. The number of carbonyl (C=O) groups excluding carboxylic acids is 2. The second kappa shape index (κ2) is 4.20. The van der Waals surface area contributed by atoms with Crippen LogP contribution in [0.1, 0.15) is 18.0 Å². The molecular weight excluding hydrogens is 226 g/mol. The van der Waals surface area contributed by atoms with Gasteiger partial charge < -0.3 is 5.32 Å². The Bertz CT molecular complexity index is 484. The summed E-state index contributed by atoms with van der Waals surface area (Å²) in [6, 6.07) is 4.74. The molecule has 0 aromatic heterocycles. The Morgan fingerprint density at radius 1 is 1.29 bits per heavy atom. The van der Waals surface area contributed by atoms with Crippen LogP contribution in [0.25, 0.3) is 0 Å². The molecule has 88 valence electrons. The number of nitrogens with one attached hydrogen (secondary N) is 2.